The van der Waals surface area contributed by atoms with Crippen molar-refractivity contribution in [2.24, 2.45) is 5.92 Å². The van der Waals surface area contributed by atoms with E-state index in [9.17, 15) is 5.11 Å². The second-order valence-corrected chi connectivity index (χ2v) is 5.52. The summed E-state index contributed by atoms with van der Waals surface area (Å²) in [5, 5.41) is 10.5. The number of allylic oxidation sites excluding steroid dienone is 1. The molecule has 1 aromatic rings. The SMILES string of the molecule is C=CC1CCN(C2Cc3ccccc3C2O)CC1. The number of piperidine rings is 1. The molecule has 2 atom stereocenters. The van der Waals surface area contributed by atoms with Crippen LogP contribution in [0.1, 0.15) is 30.1 Å². The van der Waals surface area contributed by atoms with Gasteiger partial charge in [0, 0.05) is 6.04 Å². The summed E-state index contributed by atoms with van der Waals surface area (Å²) in [6.07, 6.45) is 5.14. The predicted octanol–water partition coefficient (Wildman–Crippen LogP) is 2.54. The fourth-order valence-corrected chi connectivity index (χ4v) is 3.37. The fraction of sp³-hybridized carbons (Fsp3) is 0.500. The van der Waals surface area contributed by atoms with Crippen LogP contribution in [0.15, 0.2) is 36.9 Å². The predicted molar refractivity (Wildman–Crippen MR) is 73.4 cm³/mol. The zero-order valence-corrected chi connectivity index (χ0v) is 10.8. The number of aliphatic hydroxyl groups is 1. The summed E-state index contributed by atoms with van der Waals surface area (Å²) < 4.78 is 0. The summed E-state index contributed by atoms with van der Waals surface area (Å²) in [6.45, 7) is 6.07. The maximum Gasteiger partial charge on any atom is 0.0951 e. The van der Waals surface area contributed by atoms with Crippen molar-refractivity contribution in [3.05, 3.63) is 48.0 Å². The Kier molecular flexibility index (Phi) is 3.23. The number of fused-ring (bicyclic) bond motifs is 1. The lowest BCUT2D eigenvalue weighted by Crippen LogP contribution is -2.43. The highest BCUT2D eigenvalue weighted by Crippen LogP contribution is 2.35. The maximum absolute atomic E-state index is 10.5. The molecule has 0 spiro atoms. The van der Waals surface area contributed by atoms with Crippen molar-refractivity contribution in [3.8, 4) is 0 Å². The van der Waals surface area contributed by atoms with E-state index in [1.165, 1.54) is 18.4 Å². The van der Waals surface area contributed by atoms with Gasteiger partial charge in [-0.05, 0) is 49.4 Å². The highest BCUT2D eigenvalue weighted by molar-refractivity contribution is 5.35. The Morgan fingerprint density at radius 1 is 1.22 bits per heavy atom. The van der Waals surface area contributed by atoms with Gasteiger partial charge >= 0.3 is 0 Å². The minimum atomic E-state index is -0.304. The van der Waals surface area contributed by atoms with E-state index >= 15 is 0 Å². The first-order chi connectivity index (χ1) is 8.79. The quantitative estimate of drug-likeness (QED) is 0.807. The summed E-state index contributed by atoms with van der Waals surface area (Å²) in [5.41, 5.74) is 2.45. The Morgan fingerprint density at radius 2 is 1.94 bits per heavy atom. The largest absolute Gasteiger partial charge is 0.387 e. The molecule has 1 saturated heterocycles. The summed E-state index contributed by atoms with van der Waals surface area (Å²) >= 11 is 0. The monoisotopic (exact) mass is 243 g/mol. The van der Waals surface area contributed by atoms with E-state index in [2.05, 4.69) is 35.8 Å². The van der Waals surface area contributed by atoms with Crippen molar-refractivity contribution in [1.29, 1.82) is 0 Å². The molecule has 2 nitrogen and oxygen atoms in total. The lowest BCUT2D eigenvalue weighted by molar-refractivity contribution is 0.0435. The van der Waals surface area contributed by atoms with Gasteiger partial charge < -0.3 is 5.11 Å². The van der Waals surface area contributed by atoms with Gasteiger partial charge in [-0.1, -0.05) is 30.3 Å². The lowest BCUT2D eigenvalue weighted by Gasteiger charge is -2.36. The van der Waals surface area contributed by atoms with Crippen LogP contribution in [0, 0.1) is 5.92 Å². The molecule has 0 radical (unpaired) electrons. The molecule has 0 amide bonds. The van der Waals surface area contributed by atoms with Gasteiger partial charge in [0.1, 0.15) is 0 Å². The summed E-state index contributed by atoms with van der Waals surface area (Å²) in [5.74, 6) is 0.669. The molecule has 96 valence electrons. The van der Waals surface area contributed by atoms with Crippen LogP contribution in [0.2, 0.25) is 0 Å². The Bertz CT molecular complexity index is 434. The van der Waals surface area contributed by atoms with Crippen LogP contribution in [-0.4, -0.2) is 29.1 Å². The normalized spacial score (nSPS) is 29.2. The topological polar surface area (TPSA) is 23.5 Å². The molecule has 2 heteroatoms. The van der Waals surface area contributed by atoms with Crippen molar-refractivity contribution < 1.29 is 5.11 Å². The molecule has 0 bridgehead atoms. The van der Waals surface area contributed by atoms with Crippen LogP contribution >= 0.6 is 0 Å². The molecule has 0 aromatic heterocycles. The Hall–Kier alpha value is -1.12. The van der Waals surface area contributed by atoms with Gasteiger partial charge in [-0.3, -0.25) is 4.90 Å². The van der Waals surface area contributed by atoms with Gasteiger partial charge in [0.25, 0.3) is 0 Å². The molecular formula is C16H21NO. The van der Waals surface area contributed by atoms with Crippen LogP contribution in [0.25, 0.3) is 0 Å². The van der Waals surface area contributed by atoms with E-state index in [1.807, 2.05) is 6.07 Å². The smallest absolute Gasteiger partial charge is 0.0951 e. The highest BCUT2D eigenvalue weighted by atomic mass is 16.3. The van der Waals surface area contributed by atoms with E-state index in [1.54, 1.807) is 0 Å². The summed E-state index contributed by atoms with van der Waals surface area (Å²) in [6, 6.07) is 8.59. The Balaban J connectivity index is 1.71. The number of aliphatic hydroxyl groups excluding tert-OH is 1. The molecule has 1 aromatic carbocycles. The van der Waals surface area contributed by atoms with Crippen LogP contribution in [0.5, 0.6) is 0 Å². The van der Waals surface area contributed by atoms with E-state index in [4.69, 9.17) is 0 Å². The Morgan fingerprint density at radius 3 is 2.61 bits per heavy atom. The molecule has 18 heavy (non-hydrogen) atoms. The first-order valence-corrected chi connectivity index (χ1v) is 6.92. The van der Waals surface area contributed by atoms with Crippen LogP contribution in [-0.2, 0) is 6.42 Å². The van der Waals surface area contributed by atoms with Crippen LogP contribution < -0.4 is 0 Å². The third-order valence-electron chi connectivity index (χ3n) is 4.54. The zero-order chi connectivity index (χ0) is 12.5. The van der Waals surface area contributed by atoms with Crippen molar-refractivity contribution in [1.82, 2.24) is 4.90 Å². The molecule has 2 aliphatic rings. The second kappa shape index (κ2) is 4.87. The second-order valence-electron chi connectivity index (χ2n) is 5.52. The molecule has 1 fully saturated rings. The third kappa shape index (κ3) is 2.00. The number of hydrogen-bond acceptors (Lipinski definition) is 2. The molecule has 3 rings (SSSR count). The van der Waals surface area contributed by atoms with E-state index in [0.29, 0.717) is 5.92 Å². The fourth-order valence-electron chi connectivity index (χ4n) is 3.37. The Labute approximate surface area is 109 Å². The summed E-state index contributed by atoms with van der Waals surface area (Å²) in [4.78, 5) is 2.46. The minimum absolute atomic E-state index is 0.285. The van der Waals surface area contributed by atoms with Gasteiger partial charge in [-0.2, -0.15) is 0 Å². The van der Waals surface area contributed by atoms with Crippen molar-refractivity contribution in [2.75, 3.05) is 13.1 Å². The maximum atomic E-state index is 10.5. The number of benzene rings is 1. The molecule has 1 N–H and O–H groups in total. The standard InChI is InChI=1S/C16H21NO/c1-2-12-7-9-17(10-8-12)15-11-13-5-3-4-6-14(13)16(15)18/h2-6,12,15-16,18H,1,7-11H2. The van der Waals surface area contributed by atoms with Crippen LogP contribution in [0.3, 0.4) is 0 Å². The molecule has 1 heterocycles. The lowest BCUT2D eigenvalue weighted by atomic mass is 9.95. The van der Waals surface area contributed by atoms with E-state index in [-0.39, 0.29) is 12.1 Å². The first-order valence-electron chi connectivity index (χ1n) is 6.92. The van der Waals surface area contributed by atoms with Crippen molar-refractivity contribution in [2.45, 2.75) is 31.4 Å². The zero-order valence-electron chi connectivity index (χ0n) is 10.8. The molecule has 1 aliphatic carbocycles. The van der Waals surface area contributed by atoms with Crippen LogP contribution in [0.4, 0.5) is 0 Å². The van der Waals surface area contributed by atoms with Crippen molar-refractivity contribution >= 4 is 0 Å². The number of likely N-dealkylation sites (tertiary alicyclic amines) is 1. The molecule has 1 aliphatic heterocycles. The molecular weight excluding hydrogens is 222 g/mol. The van der Waals surface area contributed by atoms with Gasteiger partial charge in [0.15, 0.2) is 0 Å². The average Bonchev–Trinajstić information content (AvgIpc) is 2.77. The number of rotatable bonds is 2. The molecule has 0 saturated carbocycles. The van der Waals surface area contributed by atoms with Gasteiger partial charge in [0.2, 0.25) is 0 Å². The number of hydrogen-bond donors (Lipinski definition) is 1. The number of nitrogens with zero attached hydrogens (tertiary/aromatic N) is 1. The summed E-state index contributed by atoms with van der Waals surface area (Å²) in [7, 11) is 0. The third-order valence-corrected chi connectivity index (χ3v) is 4.54. The van der Waals surface area contributed by atoms with Gasteiger partial charge in [-0.15, -0.1) is 6.58 Å². The van der Waals surface area contributed by atoms with Gasteiger partial charge in [-0.25, -0.2) is 0 Å². The van der Waals surface area contributed by atoms with Gasteiger partial charge in [0.05, 0.1) is 6.10 Å². The molecule has 2 unspecified atom stereocenters. The van der Waals surface area contributed by atoms with E-state index in [0.717, 1.165) is 25.1 Å². The van der Waals surface area contributed by atoms with E-state index < -0.39 is 0 Å². The first kappa shape index (κ1) is 11.9. The average molecular weight is 243 g/mol. The highest BCUT2D eigenvalue weighted by Gasteiger charge is 2.35. The minimum Gasteiger partial charge on any atom is -0.387 e. The van der Waals surface area contributed by atoms with Crippen molar-refractivity contribution in [3.63, 3.8) is 0 Å².